The number of hydrogen-bond donors (Lipinski definition) is 1. The molecule has 1 fully saturated rings. The quantitative estimate of drug-likeness (QED) is 0.689. The van der Waals surface area contributed by atoms with E-state index in [0.29, 0.717) is 6.61 Å². The van der Waals surface area contributed by atoms with Gasteiger partial charge in [0.1, 0.15) is 11.5 Å². The largest absolute Gasteiger partial charge is 0.494 e. The molecule has 0 amide bonds. The van der Waals surface area contributed by atoms with Gasteiger partial charge < -0.3 is 19.1 Å². The smallest absolute Gasteiger partial charge is 0.216 e. The molecule has 3 atom stereocenters. The van der Waals surface area contributed by atoms with Crippen LogP contribution in [0.25, 0.3) is 0 Å². The summed E-state index contributed by atoms with van der Waals surface area (Å²) in [5.74, 6) is 0.629. The fraction of sp³-hybridized carbons (Fsp3) is 0.368. The van der Waals surface area contributed by atoms with Gasteiger partial charge in [0, 0.05) is 5.69 Å². The lowest BCUT2D eigenvalue weighted by molar-refractivity contribution is 0.187. The Balaban J connectivity index is 1.93. The monoisotopic (exact) mass is 377 g/mol. The van der Waals surface area contributed by atoms with E-state index in [1.165, 1.54) is 0 Å². The highest BCUT2D eigenvalue weighted by Gasteiger charge is 2.42. The van der Waals surface area contributed by atoms with E-state index in [0.717, 1.165) is 17.0 Å². The summed E-state index contributed by atoms with van der Waals surface area (Å²) in [6.45, 7) is 4.11. The predicted molar refractivity (Wildman–Crippen MR) is 106 cm³/mol. The fourth-order valence-electron chi connectivity index (χ4n) is 2.73. The summed E-state index contributed by atoms with van der Waals surface area (Å²) < 4.78 is 17.8. The van der Waals surface area contributed by atoms with Crippen LogP contribution in [0.1, 0.15) is 32.1 Å². The highest BCUT2D eigenvalue weighted by molar-refractivity contribution is 8.10. The van der Waals surface area contributed by atoms with Crippen molar-refractivity contribution in [3.8, 4) is 5.75 Å². The Kier molecular flexibility index (Phi) is 5.80. The maximum absolute atomic E-state index is 6.14. The molecule has 4 nitrogen and oxygen atoms in total. The molecule has 0 saturated carbocycles. The van der Waals surface area contributed by atoms with Crippen molar-refractivity contribution in [2.45, 2.75) is 38.8 Å². The summed E-state index contributed by atoms with van der Waals surface area (Å²) in [7, 11) is 0. The van der Waals surface area contributed by atoms with E-state index in [-0.39, 0.29) is 18.0 Å². The summed E-state index contributed by atoms with van der Waals surface area (Å²) in [5, 5.41) is 3.52. The van der Waals surface area contributed by atoms with Gasteiger partial charge in [0.15, 0.2) is 0 Å². The van der Waals surface area contributed by atoms with Gasteiger partial charge in [-0.25, -0.2) is 0 Å². The zero-order valence-corrected chi connectivity index (χ0v) is 16.4. The Bertz CT molecular complexity index is 724. The van der Waals surface area contributed by atoms with Gasteiger partial charge in [-0.05, 0) is 62.4 Å². The van der Waals surface area contributed by atoms with Gasteiger partial charge in [0.2, 0.25) is 6.49 Å². The number of nitrogens with one attached hydrogen (secondary N) is 1. The van der Waals surface area contributed by atoms with Crippen molar-refractivity contribution in [1.29, 1.82) is 0 Å². The number of para-hydroxylation sites is 1. The van der Waals surface area contributed by atoms with Crippen LogP contribution < -0.4 is 10.1 Å². The molecule has 1 aliphatic rings. The molecule has 3 rings (SSSR count). The molecule has 0 aromatic heterocycles. The molecule has 2 aromatic carbocycles. The molecule has 0 bridgehead atoms. The zero-order chi connectivity index (χ0) is 17.9. The van der Waals surface area contributed by atoms with Crippen LogP contribution in [0.4, 0.5) is 5.69 Å². The summed E-state index contributed by atoms with van der Waals surface area (Å²) in [6, 6.07) is 18.0. The van der Waals surface area contributed by atoms with E-state index in [1.807, 2.05) is 75.4 Å². The first-order chi connectivity index (χ1) is 12.0. The van der Waals surface area contributed by atoms with Gasteiger partial charge in [-0.2, -0.15) is 0 Å². The number of anilines is 1. The van der Waals surface area contributed by atoms with Gasteiger partial charge in [0.05, 0.1) is 18.8 Å². The van der Waals surface area contributed by atoms with Crippen LogP contribution in [0.15, 0.2) is 54.6 Å². The van der Waals surface area contributed by atoms with E-state index >= 15 is 0 Å². The molecule has 0 radical (unpaired) electrons. The van der Waals surface area contributed by atoms with Crippen molar-refractivity contribution in [2.75, 3.05) is 11.9 Å². The van der Waals surface area contributed by atoms with Crippen molar-refractivity contribution in [3.63, 3.8) is 0 Å². The van der Waals surface area contributed by atoms with Gasteiger partial charge in [-0.3, -0.25) is 0 Å². The molecule has 1 heterocycles. The number of rotatable bonds is 6. The number of ether oxygens (including phenoxy) is 1. The second-order valence-corrected chi connectivity index (χ2v) is 9.62. The molecule has 1 aliphatic heterocycles. The van der Waals surface area contributed by atoms with Crippen LogP contribution in [-0.4, -0.2) is 18.8 Å². The topological polar surface area (TPSA) is 39.7 Å². The van der Waals surface area contributed by atoms with Crippen molar-refractivity contribution < 1.29 is 13.8 Å². The van der Waals surface area contributed by atoms with Crippen LogP contribution >= 0.6 is 6.49 Å². The first kappa shape index (κ1) is 18.4. The Morgan fingerprint density at radius 1 is 1.04 bits per heavy atom. The lowest BCUT2D eigenvalue weighted by atomic mass is 10.2. The van der Waals surface area contributed by atoms with Crippen molar-refractivity contribution in [2.24, 2.45) is 0 Å². The minimum absolute atomic E-state index is 0.00592. The van der Waals surface area contributed by atoms with E-state index < -0.39 is 6.49 Å². The molecule has 25 heavy (non-hydrogen) atoms. The van der Waals surface area contributed by atoms with Crippen LogP contribution in [0, 0.1) is 0 Å². The standard InChI is InChI=1S/C19H24NO3PS/c1-4-21-18-12-10-16(11-13-18)19(20-17-8-6-5-7-9-17)24(25)22-14(2)15(3)23-24/h5-15,19-20H,4H2,1-3H3/t14-,15-,19+/m0/s1. The van der Waals surface area contributed by atoms with Gasteiger partial charge in [-0.15, -0.1) is 0 Å². The Hall–Kier alpha value is -1.39. The van der Waals surface area contributed by atoms with Gasteiger partial charge >= 0.3 is 0 Å². The van der Waals surface area contributed by atoms with Crippen molar-refractivity contribution in [1.82, 2.24) is 0 Å². The Morgan fingerprint density at radius 2 is 1.64 bits per heavy atom. The summed E-state index contributed by atoms with van der Waals surface area (Å²) in [5.41, 5.74) is 2.03. The lowest BCUT2D eigenvalue weighted by Crippen LogP contribution is -2.13. The van der Waals surface area contributed by atoms with Crippen LogP contribution in [0.2, 0.25) is 0 Å². The molecule has 2 aromatic rings. The summed E-state index contributed by atoms with van der Waals surface area (Å²) in [4.78, 5) is 0. The highest BCUT2D eigenvalue weighted by atomic mass is 32.5. The maximum atomic E-state index is 6.14. The minimum Gasteiger partial charge on any atom is -0.494 e. The maximum Gasteiger partial charge on any atom is 0.216 e. The normalized spacial score (nSPS) is 23.2. The average Bonchev–Trinajstić information content (AvgIpc) is 2.88. The summed E-state index contributed by atoms with van der Waals surface area (Å²) >= 11 is 5.88. The molecule has 6 heteroatoms. The molecule has 0 unspecified atom stereocenters. The minimum atomic E-state index is -2.53. The Morgan fingerprint density at radius 3 is 2.20 bits per heavy atom. The van der Waals surface area contributed by atoms with E-state index in [1.54, 1.807) is 0 Å². The highest BCUT2D eigenvalue weighted by Crippen LogP contribution is 2.66. The lowest BCUT2D eigenvalue weighted by Gasteiger charge is -2.28. The van der Waals surface area contributed by atoms with Crippen LogP contribution in [0.5, 0.6) is 5.75 Å². The van der Waals surface area contributed by atoms with Gasteiger partial charge in [0.25, 0.3) is 0 Å². The summed E-state index contributed by atoms with van der Waals surface area (Å²) in [6.07, 6.45) is -0.0118. The molecular formula is C19H24NO3PS. The van der Waals surface area contributed by atoms with Crippen molar-refractivity contribution in [3.05, 3.63) is 60.2 Å². The van der Waals surface area contributed by atoms with Crippen LogP contribution in [0.3, 0.4) is 0 Å². The SMILES string of the molecule is CCOc1ccc([C@H](Nc2ccccc2)P2(=S)O[C@@H](C)[C@H](C)O2)cc1. The average molecular weight is 377 g/mol. The number of hydrogen-bond acceptors (Lipinski definition) is 5. The second kappa shape index (κ2) is 7.88. The molecular weight excluding hydrogens is 353 g/mol. The Labute approximate surface area is 154 Å². The molecule has 0 spiro atoms. The van der Waals surface area contributed by atoms with Crippen LogP contribution in [-0.2, 0) is 20.9 Å². The van der Waals surface area contributed by atoms with Gasteiger partial charge in [-0.1, -0.05) is 30.3 Å². The molecule has 1 saturated heterocycles. The van der Waals surface area contributed by atoms with E-state index in [4.69, 9.17) is 25.6 Å². The third-order valence-corrected chi connectivity index (χ3v) is 7.65. The van der Waals surface area contributed by atoms with E-state index in [2.05, 4.69) is 5.32 Å². The van der Waals surface area contributed by atoms with E-state index in [9.17, 15) is 0 Å². The second-order valence-electron chi connectivity index (χ2n) is 6.08. The third kappa shape index (κ3) is 4.24. The number of benzene rings is 2. The first-order valence-electron chi connectivity index (χ1n) is 8.52. The zero-order valence-electron chi connectivity index (χ0n) is 14.7. The molecule has 134 valence electrons. The third-order valence-electron chi connectivity index (χ3n) is 4.19. The molecule has 0 aliphatic carbocycles. The van der Waals surface area contributed by atoms with Crippen molar-refractivity contribution >= 4 is 24.0 Å². The predicted octanol–water partition coefficient (Wildman–Crippen LogP) is 5.33. The molecule has 1 N–H and O–H groups in total. The fourth-order valence-corrected chi connectivity index (χ4v) is 6.48. The first-order valence-corrected chi connectivity index (χ1v) is 11.2.